The van der Waals surface area contributed by atoms with Crippen molar-refractivity contribution in [3.63, 3.8) is 0 Å². The quantitative estimate of drug-likeness (QED) is 0.767. The predicted molar refractivity (Wildman–Crippen MR) is 64.1 cm³/mol. The molecule has 0 saturated heterocycles. The van der Waals surface area contributed by atoms with Crippen LogP contribution in [0.3, 0.4) is 0 Å². The van der Waals surface area contributed by atoms with E-state index < -0.39 is 5.41 Å². The van der Waals surface area contributed by atoms with Crippen LogP contribution in [0.1, 0.15) is 25.8 Å². The smallest absolute Gasteiger partial charge is 0.230 e. The molecule has 0 fully saturated rings. The first-order chi connectivity index (χ1) is 7.98. The van der Waals surface area contributed by atoms with Gasteiger partial charge in [-0.3, -0.25) is 4.79 Å². The summed E-state index contributed by atoms with van der Waals surface area (Å²) in [5.41, 5.74) is -0.142. The van der Waals surface area contributed by atoms with Gasteiger partial charge >= 0.3 is 0 Å². The number of carbonyl (C=O) groups is 1. The third-order valence-electron chi connectivity index (χ3n) is 2.73. The fourth-order valence-corrected chi connectivity index (χ4v) is 1.51. The number of aliphatic hydroxyl groups is 1. The standard InChI is InChI=1S/C13H18FNO2/c1-13(2,12(17)15-7-4-8-16)10-5-3-6-11(14)9-10/h3,5-6,9,16H,4,7-8H2,1-2H3,(H,15,17). The van der Waals surface area contributed by atoms with Crippen LogP contribution in [0.15, 0.2) is 24.3 Å². The maximum Gasteiger partial charge on any atom is 0.230 e. The normalized spacial score (nSPS) is 11.3. The van der Waals surface area contributed by atoms with Gasteiger partial charge in [0.15, 0.2) is 0 Å². The van der Waals surface area contributed by atoms with E-state index in [4.69, 9.17) is 5.11 Å². The summed E-state index contributed by atoms with van der Waals surface area (Å²) in [5.74, 6) is -0.518. The average Bonchev–Trinajstić information content (AvgIpc) is 2.29. The number of aliphatic hydroxyl groups excluding tert-OH is 1. The molecule has 2 N–H and O–H groups in total. The molecule has 0 aliphatic heterocycles. The lowest BCUT2D eigenvalue weighted by molar-refractivity contribution is -0.125. The van der Waals surface area contributed by atoms with E-state index in [2.05, 4.69) is 5.32 Å². The lowest BCUT2D eigenvalue weighted by atomic mass is 9.83. The van der Waals surface area contributed by atoms with Gasteiger partial charge in [-0.25, -0.2) is 4.39 Å². The number of rotatable bonds is 5. The summed E-state index contributed by atoms with van der Waals surface area (Å²) < 4.78 is 13.1. The Bertz CT molecular complexity index is 391. The number of carbonyl (C=O) groups excluding carboxylic acids is 1. The molecule has 94 valence electrons. The third kappa shape index (κ3) is 3.53. The van der Waals surface area contributed by atoms with Gasteiger partial charge < -0.3 is 10.4 Å². The van der Waals surface area contributed by atoms with Gasteiger partial charge in [-0.05, 0) is 38.0 Å². The molecule has 1 rings (SSSR count). The van der Waals surface area contributed by atoms with Gasteiger partial charge in [-0.1, -0.05) is 12.1 Å². The third-order valence-corrected chi connectivity index (χ3v) is 2.73. The SMILES string of the molecule is CC(C)(C(=O)NCCCO)c1cccc(F)c1. The molecule has 1 aromatic carbocycles. The fourth-order valence-electron chi connectivity index (χ4n) is 1.51. The number of hydrogen-bond acceptors (Lipinski definition) is 2. The monoisotopic (exact) mass is 239 g/mol. The van der Waals surface area contributed by atoms with Gasteiger partial charge in [0, 0.05) is 13.2 Å². The van der Waals surface area contributed by atoms with Crippen LogP contribution in [-0.2, 0) is 10.2 Å². The van der Waals surface area contributed by atoms with E-state index in [0.717, 1.165) is 0 Å². The molecule has 1 amide bonds. The maximum atomic E-state index is 13.1. The molecule has 0 aliphatic carbocycles. The zero-order valence-electron chi connectivity index (χ0n) is 10.2. The van der Waals surface area contributed by atoms with Crippen molar-refractivity contribution in [1.29, 1.82) is 0 Å². The minimum absolute atomic E-state index is 0.0423. The van der Waals surface area contributed by atoms with Crippen molar-refractivity contribution in [2.75, 3.05) is 13.2 Å². The summed E-state index contributed by atoms with van der Waals surface area (Å²) in [6.07, 6.45) is 0.519. The molecule has 3 nitrogen and oxygen atoms in total. The molecule has 0 bridgehead atoms. The van der Waals surface area contributed by atoms with E-state index in [1.807, 2.05) is 0 Å². The summed E-state index contributed by atoms with van der Waals surface area (Å²) in [4.78, 5) is 11.9. The summed E-state index contributed by atoms with van der Waals surface area (Å²) in [7, 11) is 0. The van der Waals surface area contributed by atoms with E-state index in [1.165, 1.54) is 12.1 Å². The molecule has 0 aliphatic rings. The highest BCUT2D eigenvalue weighted by Gasteiger charge is 2.29. The van der Waals surface area contributed by atoms with Crippen LogP contribution in [0.2, 0.25) is 0 Å². The van der Waals surface area contributed by atoms with Gasteiger partial charge in [-0.15, -0.1) is 0 Å². The topological polar surface area (TPSA) is 49.3 Å². The second-order valence-electron chi connectivity index (χ2n) is 4.47. The molecule has 1 aromatic rings. The van der Waals surface area contributed by atoms with E-state index in [-0.39, 0.29) is 18.3 Å². The van der Waals surface area contributed by atoms with E-state index in [0.29, 0.717) is 18.5 Å². The van der Waals surface area contributed by atoms with Crippen molar-refractivity contribution >= 4 is 5.91 Å². The summed E-state index contributed by atoms with van der Waals surface area (Å²) >= 11 is 0. The minimum Gasteiger partial charge on any atom is -0.396 e. The van der Waals surface area contributed by atoms with Gasteiger partial charge in [-0.2, -0.15) is 0 Å². The van der Waals surface area contributed by atoms with Crippen LogP contribution in [0, 0.1) is 5.82 Å². The fraction of sp³-hybridized carbons (Fsp3) is 0.462. The van der Waals surface area contributed by atoms with Crippen LogP contribution in [0.25, 0.3) is 0 Å². The summed E-state index contributed by atoms with van der Waals surface area (Å²) in [5, 5.41) is 11.4. The van der Waals surface area contributed by atoms with Crippen LogP contribution in [-0.4, -0.2) is 24.2 Å². The van der Waals surface area contributed by atoms with Gasteiger partial charge in [0.25, 0.3) is 0 Å². The lowest BCUT2D eigenvalue weighted by Gasteiger charge is -2.24. The van der Waals surface area contributed by atoms with E-state index >= 15 is 0 Å². The Hall–Kier alpha value is -1.42. The van der Waals surface area contributed by atoms with Gasteiger partial charge in [0.1, 0.15) is 5.82 Å². The van der Waals surface area contributed by atoms with Gasteiger partial charge in [0.2, 0.25) is 5.91 Å². The van der Waals surface area contributed by atoms with Crippen LogP contribution < -0.4 is 5.32 Å². The summed E-state index contributed by atoms with van der Waals surface area (Å²) in [6.45, 7) is 3.96. The Morgan fingerprint density at radius 2 is 2.18 bits per heavy atom. The van der Waals surface area contributed by atoms with Crippen LogP contribution in [0.5, 0.6) is 0 Å². The number of amides is 1. The molecular weight excluding hydrogens is 221 g/mol. The molecular formula is C13H18FNO2. The second-order valence-corrected chi connectivity index (χ2v) is 4.47. The van der Waals surface area contributed by atoms with Crippen LogP contribution >= 0.6 is 0 Å². The van der Waals surface area contributed by atoms with Crippen molar-refractivity contribution < 1.29 is 14.3 Å². The number of nitrogens with one attached hydrogen (secondary N) is 1. The number of benzene rings is 1. The largest absolute Gasteiger partial charge is 0.396 e. The Kier molecular flexibility index (Phi) is 4.63. The Labute approximate surface area is 101 Å². The minimum atomic E-state index is -0.780. The molecule has 0 aromatic heterocycles. The van der Waals surface area contributed by atoms with Crippen molar-refractivity contribution in [3.05, 3.63) is 35.6 Å². The van der Waals surface area contributed by atoms with E-state index in [9.17, 15) is 9.18 Å². The molecule has 17 heavy (non-hydrogen) atoms. The number of halogens is 1. The first-order valence-electron chi connectivity index (χ1n) is 5.63. The lowest BCUT2D eigenvalue weighted by Crippen LogP contribution is -2.40. The number of hydrogen-bond donors (Lipinski definition) is 2. The van der Waals surface area contributed by atoms with Gasteiger partial charge in [0.05, 0.1) is 5.41 Å². The molecule has 0 saturated carbocycles. The highest BCUT2D eigenvalue weighted by Crippen LogP contribution is 2.23. The molecule has 4 heteroatoms. The van der Waals surface area contributed by atoms with Crippen molar-refractivity contribution in [2.45, 2.75) is 25.7 Å². The zero-order valence-corrected chi connectivity index (χ0v) is 10.2. The zero-order chi connectivity index (χ0) is 12.9. The Morgan fingerprint density at radius 1 is 1.47 bits per heavy atom. The first-order valence-corrected chi connectivity index (χ1v) is 5.63. The predicted octanol–water partition coefficient (Wildman–Crippen LogP) is 1.60. The van der Waals surface area contributed by atoms with Crippen molar-refractivity contribution in [2.24, 2.45) is 0 Å². The van der Waals surface area contributed by atoms with Crippen LogP contribution in [0.4, 0.5) is 4.39 Å². The van der Waals surface area contributed by atoms with E-state index in [1.54, 1.807) is 26.0 Å². The Morgan fingerprint density at radius 3 is 2.76 bits per heavy atom. The molecule has 0 atom stereocenters. The average molecular weight is 239 g/mol. The Balaban J connectivity index is 2.76. The second kappa shape index (κ2) is 5.77. The highest BCUT2D eigenvalue weighted by molar-refractivity contribution is 5.87. The highest BCUT2D eigenvalue weighted by atomic mass is 19.1. The maximum absolute atomic E-state index is 13.1. The first kappa shape index (κ1) is 13.6. The molecule has 0 spiro atoms. The molecule has 0 unspecified atom stereocenters. The van der Waals surface area contributed by atoms with Crippen molar-refractivity contribution in [1.82, 2.24) is 5.32 Å². The molecule has 0 radical (unpaired) electrons. The summed E-state index contributed by atoms with van der Waals surface area (Å²) in [6, 6.07) is 6.04. The van der Waals surface area contributed by atoms with Crippen molar-refractivity contribution in [3.8, 4) is 0 Å². The molecule has 0 heterocycles.